The van der Waals surface area contributed by atoms with Gasteiger partial charge in [0.2, 0.25) is 0 Å². The molecule has 4 aliphatic carbocycles. The Morgan fingerprint density at radius 1 is 1.25 bits per heavy atom. The van der Waals surface area contributed by atoms with Gasteiger partial charge in [-0.15, -0.1) is 0 Å². The molecular formula is C18H22O2. The summed E-state index contributed by atoms with van der Waals surface area (Å²) >= 11 is 0. The van der Waals surface area contributed by atoms with E-state index >= 15 is 0 Å². The summed E-state index contributed by atoms with van der Waals surface area (Å²) < 4.78 is 0. The first kappa shape index (κ1) is 12.6. The number of benzene rings is 1. The molecule has 0 saturated heterocycles. The van der Waals surface area contributed by atoms with Crippen LogP contribution >= 0.6 is 0 Å². The quantitative estimate of drug-likeness (QED) is 0.837. The molecule has 5 rings (SSSR count). The molecule has 0 radical (unpaired) electrons. The highest BCUT2D eigenvalue weighted by molar-refractivity contribution is 5.78. The van der Waals surface area contributed by atoms with Crippen molar-refractivity contribution in [3.8, 4) is 0 Å². The van der Waals surface area contributed by atoms with E-state index in [4.69, 9.17) is 0 Å². The van der Waals surface area contributed by atoms with E-state index in [9.17, 15) is 9.90 Å². The number of carbonyl (C=O) groups excluding carboxylic acids is 1. The number of aliphatic hydroxyl groups excluding tert-OH is 1. The summed E-state index contributed by atoms with van der Waals surface area (Å²) in [5, 5.41) is 10.9. The molecule has 106 valence electrons. The van der Waals surface area contributed by atoms with Gasteiger partial charge in [-0.05, 0) is 54.9 Å². The number of hydrogen-bond acceptors (Lipinski definition) is 2. The molecule has 4 aliphatic rings. The summed E-state index contributed by atoms with van der Waals surface area (Å²) in [4.78, 5) is 11.4. The van der Waals surface area contributed by atoms with Crippen molar-refractivity contribution in [2.45, 2.75) is 50.5 Å². The molecule has 4 bridgehead atoms. The maximum absolute atomic E-state index is 11.4. The molecule has 4 fully saturated rings. The van der Waals surface area contributed by atoms with Gasteiger partial charge >= 0.3 is 0 Å². The maximum atomic E-state index is 11.4. The van der Waals surface area contributed by atoms with Crippen LogP contribution in [0.15, 0.2) is 24.3 Å². The molecule has 0 spiro atoms. The molecule has 0 aliphatic heterocycles. The first-order valence-corrected chi connectivity index (χ1v) is 7.79. The average Bonchev–Trinajstić information content (AvgIpc) is 2.42. The second kappa shape index (κ2) is 3.94. The van der Waals surface area contributed by atoms with Gasteiger partial charge in [0.1, 0.15) is 6.29 Å². The molecule has 2 heteroatoms. The summed E-state index contributed by atoms with van der Waals surface area (Å²) in [5.74, 6) is 1.16. The van der Waals surface area contributed by atoms with E-state index in [2.05, 4.69) is 13.0 Å². The van der Waals surface area contributed by atoms with Crippen LogP contribution in [0.3, 0.4) is 0 Å². The highest BCUT2D eigenvalue weighted by Gasteiger charge is 2.61. The summed E-state index contributed by atoms with van der Waals surface area (Å²) in [6.07, 6.45) is 6.44. The van der Waals surface area contributed by atoms with E-state index in [1.165, 1.54) is 12.8 Å². The van der Waals surface area contributed by atoms with Crippen molar-refractivity contribution >= 4 is 6.29 Å². The largest absolute Gasteiger partial charge is 0.392 e. The van der Waals surface area contributed by atoms with Crippen LogP contribution in [0.2, 0.25) is 0 Å². The summed E-state index contributed by atoms with van der Waals surface area (Å²) in [6, 6.07) is 7.90. The van der Waals surface area contributed by atoms with Crippen molar-refractivity contribution in [2.75, 3.05) is 0 Å². The Morgan fingerprint density at radius 2 is 2.05 bits per heavy atom. The van der Waals surface area contributed by atoms with Crippen molar-refractivity contribution in [1.29, 1.82) is 0 Å². The first-order chi connectivity index (χ1) is 9.56. The minimum absolute atomic E-state index is 0.170. The molecule has 2 nitrogen and oxygen atoms in total. The zero-order chi connectivity index (χ0) is 14.0. The van der Waals surface area contributed by atoms with Gasteiger partial charge in [-0.3, -0.25) is 4.79 Å². The minimum Gasteiger partial charge on any atom is -0.392 e. The number of carbonyl (C=O) groups is 1. The molecule has 0 heterocycles. The standard InChI is InChI=1S/C18H22O2/c1-17-7-12-6-14(9-17)16(20)18(8-12,11-17)15-5-3-2-4-13(15)10-19/h2-5,10,12,14,16,20H,6-9,11H2,1H3. The Balaban J connectivity index is 1.88. The SMILES string of the molecule is CC12CC3CC(C1)C(O)C(c1ccccc1C=O)(C3)C2. The summed E-state index contributed by atoms with van der Waals surface area (Å²) in [5.41, 5.74) is 2.07. The fraction of sp³-hybridized carbons (Fsp3) is 0.611. The van der Waals surface area contributed by atoms with Crippen LogP contribution in [0, 0.1) is 17.3 Å². The van der Waals surface area contributed by atoms with E-state index in [0.717, 1.165) is 42.6 Å². The average molecular weight is 270 g/mol. The summed E-state index contributed by atoms with van der Waals surface area (Å²) in [7, 11) is 0. The predicted molar refractivity (Wildman–Crippen MR) is 77.7 cm³/mol. The Morgan fingerprint density at radius 3 is 2.80 bits per heavy atom. The second-order valence-corrected chi connectivity index (χ2v) is 7.77. The normalized spacial score (nSPS) is 45.6. The fourth-order valence-electron chi connectivity index (χ4n) is 5.99. The molecular weight excluding hydrogens is 248 g/mol. The number of hydrogen-bond donors (Lipinski definition) is 1. The van der Waals surface area contributed by atoms with Crippen LogP contribution in [0.1, 0.15) is 54.9 Å². The number of aliphatic hydroxyl groups is 1. The monoisotopic (exact) mass is 270 g/mol. The van der Waals surface area contributed by atoms with E-state index in [0.29, 0.717) is 11.3 Å². The lowest BCUT2D eigenvalue weighted by Gasteiger charge is -2.64. The third kappa shape index (κ3) is 1.52. The van der Waals surface area contributed by atoms with Crippen molar-refractivity contribution in [3.05, 3.63) is 35.4 Å². The van der Waals surface area contributed by atoms with Gasteiger partial charge in [0.25, 0.3) is 0 Å². The highest BCUT2D eigenvalue weighted by atomic mass is 16.3. The van der Waals surface area contributed by atoms with Crippen molar-refractivity contribution in [3.63, 3.8) is 0 Å². The smallest absolute Gasteiger partial charge is 0.150 e. The van der Waals surface area contributed by atoms with Gasteiger partial charge in [0.15, 0.2) is 0 Å². The topological polar surface area (TPSA) is 37.3 Å². The molecule has 20 heavy (non-hydrogen) atoms. The van der Waals surface area contributed by atoms with Crippen LogP contribution in [-0.2, 0) is 5.41 Å². The van der Waals surface area contributed by atoms with Crippen LogP contribution in [0.5, 0.6) is 0 Å². The Hall–Kier alpha value is -1.15. The second-order valence-electron chi connectivity index (χ2n) is 7.77. The zero-order valence-corrected chi connectivity index (χ0v) is 12.0. The van der Waals surface area contributed by atoms with Gasteiger partial charge in [-0.25, -0.2) is 0 Å². The highest BCUT2D eigenvalue weighted by Crippen LogP contribution is 2.65. The molecule has 4 saturated carbocycles. The van der Waals surface area contributed by atoms with Crippen LogP contribution in [0.4, 0.5) is 0 Å². The van der Waals surface area contributed by atoms with Crippen LogP contribution < -0.4 is 0 Å². The van der Waals surface area contributed by atoms with E-state index in [-0.39, 0.29) is 11.5 Å². The van der Waals surface area contributed by atoms with Gasteiger partial charge in [0, 0.05) is 11.0 Å². The number of rotatable bonds is 2. The molecule has 1 aromatic carbocycles. The molecule has 0 amide bonds. The third-order valence-electron chi connectivity index (χ3n) is 6.20. The van der Waals surface area contributed by atoms with Gasteiger partial charge in [-0.2, -0.15) is 0 Å². The third-order valence-corrected chi connectivity index (χ3v) is 6.20. The minimum atomic E-state index is -0.270. The molecule has 1 N–H and O–H groups in total. The lowest BCUT2D eigenvalue weighted by molar-refractivity contribution is -0.147. The van der Waals surface area contributed by atoms with Crippen LogP contribution in [0.25, 0.3) is 0 Å². The van der Waals surface area contributed by atoms with E-state index in [1.807, 2.05) is 18.2 Å². The maximum Gasteiger partial charge on any atom is 0.150 e. The van der Waals surface area contributed by atoms with E-state index in [1.54, 1.807) is 0 Å². The Kier molecular flexibility index (Phi) is 2.48. The lowest BCUT2D eigenvalue weighted by Crippen LogP contribution is -2.61. The molecule has 0 aromatic heterocycles. The Labute approximate surface area is 120 Å². The molecule has 5 atom stereocenters. The summed E-state index contributed by atoms with van der Waals surface area (Å²) in [6.45, 7) is 2.38. The van der Waals surface area contributed by atoms with Crippen molar-refractivity contribution < 1.29 is 9.90 Å². The fourth-order valence-corrected chi connectivity index (χ4v) is 5.99. The molecule has 1 aromatic rings. The van der Waals surface area contributed by atoms with E-state index < -0.39 is 0 Å². The number of aldehydes is 1. The van der Waals surface area contributed by atoms with Gasteiger partial charge < -0.3 is 5.11 Å². The van der Waals surface area contributed by atoms with Gasteiger partial charge in [-0.1, -0.05) is 31.2 Å². The van der Waals surface area contributed by atoms with Crippen molar-refractivity contribution in [2.24, 2.45) is 17.3 Å². The van der Waals surface area contributed by atoms with Gasteiger partial charge in [0.05, 0.1) is 6.10 Å². The molecule has 5 unspecified atom stereocenters. The lowest BCUT2D eigenvalue weighted by atomic mass is 9.42. The van der Waals surface area contributed by atoms with Crippen LogP contribution in [-0.4, -0.2) is 17.5 Å². The first-order valence-electron chi connectivity index (χ1n) is 7.79. The zero-order valence-electron chi connectivity index (χ0n) is 12.0. The predicted octanol–water partition coefficient (Wildman–Crippen LogP) is 3.33. The van der Waals surface area contributed by atoms with Crippen molar-refractivity contribution in [1.82, 2.24) is 0 Å². The Bertz CT molecular complexity index is 566.